The van der Waals surface area contributed by atoms with Gasteiger partial charge in [0.15, 0.2) is 9.84 Å². The molecule has 1 unspecified atom stereocenters. The molecule has 0 radical (unpaired) electrons. The summed E-state index contributed by atoms with van der Waals surface area (Å²) in [4.78, 5) is 8.61. The van der Waals surface area contributed by atoms with Gasteiger partial charge >= 0.3 is 0 Å². The molecule has 2 N–H and O–H groups in total. The van der Waals surface area contributed by atoms with Crippen LogP contribution in [0.4, 0.5) is 11.6 Å². The average Bonchev–Trinajstić information content (AvgIpc) is 2.69. The monoisotopic (exact) mass is 284 g/mol. The van der Waals surface area contributed by atoms with E-state index in [1.165, 1.54) is 0 Å². The second-order valence-corrected chi connectivity index (χ2v) is 7.26. The minimum absolute atomic E-state index is 0.291. The fraction of sp³-hybridized carbons (Fsp3) is 0.667. The van der Waals surface area contributed by atoms with Crippen LogP contribution >= 0.6 is 0 Å². The Labute approximate surface area is 114 Å². The van der Waals surface area contributed by atoms with Crippen LogP contribution in [0.25, 0.3) is 0 Å². The van der Waals surface area contributed by atoms with Crippen LogP contribution in [0.1, 0.15) is 24.2 Å². The van der Waals surface area contributed by atoms with Crippen molar-refractivity contribution in [2.75, 3.05) is 30.0 Å². The second kappa shape index (κ2) is 5.32. The van der Waals surface area contributed by atoms with Crippen molar-refractivity contribution in [3.05, 3.63) is 11.4 Å². The Morgan fingerprint density at radius 1 is 1.26 bits per heavy atom. The largest absolute Gasteiger partial charge is 0.373 e. The Hall–Kier alpha value is -1.37. The molecule has 1 aliphatic heterocycles. The fourth-order valence-corrected chi connectivity index (χ4v) is 4.11. The third-order valence-corrected chi connectivity index (χ3v) is 5.73. The van der Waals surface area contributed by atoms with Gasteiger partial charge in [0.05, 0.1) is 11.0 Å². The first-order valence-corrected chi connectivity index (χ1v) is 8.14. The molecule has 0 aliphatic carbocycles. The predicted octanol–water partition coefficient (Wildman–Crippen LogP) is 1.12. The minimum Gasteiger partial charge on any atom is -0.373 e. The second-order valence-electron chi connectivity index (χ2n) is 4.86. The Balaban J connectivity index is 2.14. The molecule has 1 aromatic rings. The van der Waals surface area contributed by atoms with Crippen LogP contribution < -0.4 is 10.6 Å². The van der Waals surface area contributed by atoms with E-state index >= 15 is 0 Å². The Morgan fingerprint density at radius 3 is 2.53 bits per heavy atom. The Morgan fingerprint density at radius 2 is 1.95 bits per heavy atom. The maximum absolute atomic E-state index is 11.8. The number of anilines is 2. The van der Waals surface area contributed by atoms with E-state index in [1.54, 1.807) is 7.05 Å². The normalized spacial score (nSPS) is 21.3. The van der Waals surface area contributed by atoms with Gasteiger partial charge in [-0.2, -0.15) is 0 Å². The summed E-state index contributed by atoms with van der Waals surface area (Å²) < 4.78 is 23.5. The summed E-state index contributed by atoms with van der Waals surface area (Å²) in [5, 5.41) is 5.88. The van der Waals surface area contributed by atoms with Gasteiger partial charge in [0.25, 0.3) is 0 Å². The van der Waals surface area contributed by atoms with Crippen LogP contribution in [0, 0.1) is 13.8 Å². The highest BCUT2D eigenvalue weighted by atomic mass is 32.2. The summed E-state index contributed by atoms with van der Waals surface area (Å²) in [6.45, 7) is 4.15. The van der Waals surface area contributed by atoms with E-state index in [0.29, 0.717) is 23.9 Å². The van der Waals surface area contributed by atoms with Gasteiger partial charge in [-0.15, -0.1) is 0 Å². The van der Waals surface area contributed by atoms with Crippen LogP contribution in [0.3, 0.4) is 0 Å². The molecule has 19 heavy (non-hydrogen) atoms. The molecule has 7 heteroatoms. The molecule has 106 valence electrons. The lowest BCUT2D eigenvalue weighted by atomic mass is 10.2. The number of rotatable bonds is 4. The minimum atomic E-state index is -2.92. The summed E-state index contributed by atoms with van der Waals surface area (Å²) in [7, 11) is -1.11. The zero-order valence-corrected chi connectivity index (χ0v) is 12.3. The van der Waals surface area contributed by atoms with Crippen LogP contribution in [0.5, 0.6) is 0 Å². The molecule has 6 nitrogen and oxygen atoms in total. The first-order valence-electron chi connectivity index (χ1n) is 6.42. The maximum atomic E-state index is 11.8. The van der Waals surface area contributed by atoms with E-state index < -0.39 is 9.84 Å². The number of aryl methyl sites for hydroxylation is 1. The SMILES string of the molecule is CNc1nc(C)nc(NCC2CCCS2(=O)=O)c1C. The molecule has 0 aromatic carbocycles. The maximum Gasteiger partial charge on any atom is 0.154 e. The van der Waals surface area contributed by atoms with Gasteiger partial charge in [0, 0.05) is 19.2 Å². The first-order chi connectivity index (χ1) is 8.94. The third kappa shape index (κ3) is 2.97. The highest BCUT2D eigenvalue weighted by Crippen LogP contribution is 2.23. The number of aromatic nitrogens is 2. The van der Waals surface area contributed by atoms with Gasteiger partial charge in [-0.25, -0.2) is 18.4 Å². The standard InChI is InChI=1S/C12H20N4O2S/c1-8-11(13-3)15-9(2)16-12(8)14-7-10-5-4-6-19(10,17)18/h10H,4-7H2,1-3H3,(H2,13,14,15,16). The molecule has 1 aromatic heterocycles. The van der Waals surface area contributed by atoms with E-state index in [9.17, 15) is 8.42 Å². The third-order valence-electron chi connectivity index (χ3n) is 3.45. The molecule has 1 aliphatic rings. The highest BCUT2D eigenvalue weighted by Gasteiger charge is 2.31. The molecule has 0 amide bonds. The average molecular weight is 284 g/mol. The van der Waals surface area contributed by atoms with Crippen molar-refractivity contribution in [3.8, 4) is 0 Å². The van der Waals surface area contributed by atoms with Crippen molar-refractivity contribution in [2.45, 2.75) is 31.9 Å². The van der Waals surface area contributed by atoms with E-state index in [4.69, 9.17) is 0 Å². The van der Waals surface area contributed by atoms with Crippen molar-refractivity contribution in [1.29, 1.82) is 0 Å². The molecule has 0 spiro atoms. The van der Waals surface area contributed by atoms with E-state index in [0.717, 1.165) is 24.2 Å². The fourth-order valence-electron chi connectivity index (χ4n) is 2.34. The van der Waals surface area contributed by atoms with Crippen molar-refractivity contribution in [1.82, 2.24) is 9.97 Å². The number of hydrogen-bond acceptors (Lipinski definition) is 6. The molecule has 2 heterocycles. The van der Waals surface area contributed by atoms with Crippen molar-refractivity contribution in [3.63, 3.8) is 0 Å². The van der Waals surface area contributed by atoms with Crippen molar-refractivity contribution in [2.24, 2.45) is 0 Å². The Bertz CT molecular complexity index is 571. The van der Waals surface area contributed by atoms with E-state index in [2.05, 4.69) is 20.6 Å². The molecule has 0 saturated carbocycles. The van der Waals surface area contributed by atoms with Crippen molar-refractivity contribution >= 4 is 21.5 Å². The number of sulfone groups is 1. The summed E-state index contributed by atoms with van der Waals surface area (Å²) >= 11 is 0. The predicted molar refractivity (Wildman–Crippen MR) is 76.4 cm³/mol. The number of nitrogens with one attached hydrogen (secondary N) is 2. The van der Waals surface area contributed by atoms with Crippen LogP contribution in [-0.4, -0.2) is 43.0 Å². The lowest BCUT2D eigenvalue weighted by molar-refractivity contribution is 0.591. The number of nitrogens with zero attached hydrogens (tertiary/aromatic N) is 2. The molecular weight excluding hydrogens is 264 g/mol. The highest BCUT2D eigenvalue weighted by molar-refractivity contribution is 7.92. The lowest BCUT2D eigenvalue weighted by Crippen LogP contribution is -2.26. The van der Waals surface area contributed by atoms with Crippen LogP contribution in [0.2, 0.25) is 0 Å². The van der Waals surface area contributed by atoms with Gasteiger partial charge in [-0.3, -0.25) is 0 Å². The van der Waals surface area contributed by atoms with Gasteiger partial charge in [0.1, 0.15) is 17.5 Å². The van der Waals surface area contributed by atoms with Crippen LogP contribution in [0.15, 0.2) is 0 Å². The Kier molecular flexibility index (Phi) is 3.93. The summed E-state index contributed by atoms with van der Waals surface area (Å²) in [5.74, 6) is 2.44. The molecule has 0 bridgehead atoms. The zero-order valence-electron chi connectivity index (χ0n) is 11.5. The lowest BCUT2D eigenvalue weighted by Gasteiger charge is -2.15. The van der Waals surface area contributed by atoms with E-state index in [1.807, 2.05) is 13.8 Å². The summed E-state index contributed by atoms with van der Waals surface area (Å²) in [6.07, 6.45) is 1.50. The van der Waals surface area contributed by atoms with Gasteiger partial charge in [0.2, 0.25) is 0 Å². The van der Waals surface area contributed by atoms with Crippen LogP contribution in [-0.2, 0) is 9.84 Å². The molecule has 1 atom stereocenters. The molecule has 2 rings (SSSR count). The summed E-state index contributed by atoms with van der Waals surface area (Å²) in [6, 6.07) is 0. The summed E-state index contributed by atoms with van der Waals surface area (Å²) in [5.41, 5.74) is 0.906. The van der Waals surface area contributed by atoms with Gasteiger partial charge in [-0.05, 0) is 26.7 Å². The quantitative estimate of drug-likeness (QED) is 0.862. The topological polar surface area (TPSA) is 84.0 Å². The molecule has 1 fully saturated rings. The van der Waals surface area contributed by atoms with E-state index in [-0.39, 0.29) is 5.25 Å². The van der Waals surface area contributed by atoms with Crippen molar-refractivity contribution < 1.29 is 8.42 Å². The zero-order chi connectivity index (χ0) is 14.0. The molecule has 1 saturated heterocycles. The van der Waals surface area contributed by atoms with Gasteiger partial charge in [-0.1, -0.05) is 0 Å². The van der Waals surface area contributed by atoms with Gasteiger partial charge < -0.3 is 10.6 Å². The first kappa shape index (κ1) is 14.0. The number of hydrogen-bond donors (Lipinski definition) is 2. The molecular formula is C12H20N4O2S. The smallest absolute Gasteiger partial charge is 0.154 e.